The number of methoxy groups -OCH3 is 1. The van der Waals surface area contributed by atoms with E-state index in [-0.39, 0.29) is 5.91 Å². The predicted octanol–water partition coefficient (Wildman–Crippen LogP) is 4.35. The van der Waals surface area contributed by atoms with Gasteiger partial charge in [0.15, 0.2) is 11.5 Å². The van der Waals surface area contributed by atoms with E-state index in [9.17, 15) is 4.79 Å². The zero-order chi connectivity index (χ0) is 25.7. The van der Waals surface area contributed by atoms with Crippen molar-refractivity contribution in [3.63, 3.8) is 0 Å². The molecule has 194 valence electrons. The molecule has 0 unspecified atom stereocenters. The van der Waals surface area contributed by atoms with Crippen molar-refractivity contribution in [1.82, 2.24) is 9.80 Å². The maximum absolute atomic E-state index is 13.1. The van der Waals surface area contributed by atoms with Gasteiger partial charge in [0.05, 0.1) is 7.11 Å². The number of ether oxygens (including phenoxy) is 2. The standard InChI is InChI=1S/C30H36N3O4/c1-35-27-12-5-6-13-28(27)37-26-11-4-3-9-24(26)23-31-19-14-30(15-20-31)16-21-32(22-17-30)29(34)25-10-7-8-18-33(25)36-2/h3-13,18H,14-17,19-23H2,1-2H3/q+1. The van der Waals surface area contributed by atoms with Gasteiger partial charge in [-0.1, -0.05) is 30.3 Å². The van der Waals surface area contributed by atoms with Gasteiger partial charge in [0.1, 0.15) is 12.9 Å². The number of amides is 1. The normalized spacial score (nSPS) is 17.4. The van der Waals surface area contributed by atoms with Gasteiger partial charge in [0.25, 0.3) is 0 Å². The lowest BCUT2D eigenvalue weighted by Crippen LogP contribution is -2.52. The molecule has 7 nitrogen and oxygen atoms in total. The van der Waals surface area contributed by atoms with Crippen LogP contribution in [0.25, 0.3) is 0 Å². The highest BCUT2D eigenvalue weighted by Crippen LogP contribution is 2.42. The van der Waals surface area contributed by atoms with Crippen molar-refractivity contribution in [3.8, 4) is 17.2 Å². The molecule has 2 aromatic carbocycles. The minimum atomic E-state index is 0.0430. The number of hydrogen-bond donors (Lipinski definition) is 0. The van der Waals surface area contributed by atoms with Gasteiger partial charge in [0.2, 0.25) is 6.20 Å². The zero-order valence-electron chi connectivity index (χ0n) is 21.8. The second-order valence-electron chi connectivity index (χ2n) is 10.0. The Morgan fingerprint density at radius 2 is 1.43 bits per heavy atom. The van der Waals surface area contributed by atoms with Crippen molar-refractivity contribution in [2.24, 2.45) is 5.41 Å². The molecule has 5 rings (SSSR count). The van der Waals surface area contributed by atoms with Crippen LogP contribution in [-0.4, -0.2) is 56.1 Å². The molecule has 3 aromatic rings. The van der Waals surface area contributed by atoms with Crippen LogP contribution in [0.3, 0.4) is 0 Å². The maximum Gasteiger partial charge on any atom is 0.323 e. The number of carbonyl (C=O) groups excluding carboxylic acids is 1. The molecular formula is C30H36N3O4+. The molecule has 0 radical (unpaired) electrons. The Kier molecular flexibility index (Phi) is 7.60. The highest BCUT2D eigenvalue weighted by Gasteiger charge is 2.40. The van der Waals surface area contributed by atoms with Gasteiger partial charge >= 0.3 is 11.6 Å². The number of aromatic nitrogens is 1. The Bertz CT molecular complexity index is 1210. The summed E-state index contributed by atoms with van der Waals surface area (Å²) in [5.74, 6) is 2.36. The molecule has 3 heterocycles. The van der Waals surface area contributed by atoms with Crippen LogP contribution in [0.15, 0.2) is 72.9 Å². The molecule has 0 N–H and O–H groups in total. The fourth-order valence-corrected chi connectivity index (χ4v) is 5.58. The average Bonchev–Trinajstić information content (AvgIpc) is 2.95. The van der Waals surface area contributed by atoms with Crippen LogP contribution in [-0.2, 0) is 6.54 Å². The molecule has 1 spiro atoms. The summed E-state index contributed by atoms with van der Waals surface area (Å²) in [5, 5.41) is 0. The van der Waals surface area contributed by atoms with Gasteiger partial charge in [-0.25, -0.2) is 0 Å². The topological polar surface area (TPSA) is 55.1 Å². The van der Waals surface area contributed by atoms with Crippen LogP contribution >= 0.6 is 0 Å². The van der Waals surface area contributed by atoms with E-state index in [2.05, 4.69) is 17.0 Å². The van der Waals surface area contributed by atoms with Crippen LogP contribution in [0.5, 0.6) is 17.2 Å². The van der Waals surface area contributed by atoms with Crippen LogP contribution in [0.2, 0.25) is 0 Å². The van der Waals surface area contributed by atoms with Crippen molar-refractivity contribution >= 4 is 5.91 Å². The highest BCUT2D eigenvalue weighted by atomic mass is 16.6. The zero-order valence-corrected chi connectivity index (χ0v) is 21.8. The van der Waals surface area contributed by atoms with Gasteiger partial charge in [0, 0.05) is 42.1 Å². The number of likely N-dealkylation sites (tertiary alicyclic amines) is 2. The quantitative estimate of drug-likeness (QED) is 0.450. The summed E-state index contributed by atoms with van der Waals surface area (Å²) in [6.07, 6.45) is 6.20. The summed E-state index contributed by atoms with van der Waals surface area (Å²) in [6.45, 7) is 4.57. The third kappa shape index (κ3) is 5.57. The molecule has 0 bridgehead atoms. The number of para-hydroxylation sites is 3. The fraction of sp³-hybridized carbons (Fsp3) is 0.400. The minimum absolute atomic E-state index is 0.0430. The predicted molar refractivity (Wildman–Crippen MR) is 141 cm³/mol. The van der Waals surface area contributed by atoms with Crippen molar-refractivity contribution in [2.75, 3.05) is 40.4 Å². The number of hydrogen-bond acceptors (Lipinski definition) is 5. The van der Waals surface area contributed by atoms with E-state index < -0.39 is 0 Å². The number of benzene rings is 2. The third-order valence-electron chi connectivity index (χ3n) is 7.92. The number of piperidine rings is 2. The van der Waals surface area contributed by atoms with Gasteiger partial charge in [-0.2, -0.15) is 0 Å². The SMILES string of the molecule is COc1ccccc1Oc1ccccc1CN1CCC2(CC1)CCN(C(=O)c1cccc[n+]1OC)CC2. The van der Waals surface area contributed by atoms with E-state index in [0.717, 1.165) is 75.7 Å². The molecule has 2 aliphatic heterocycles. The Morgan fingerprint density at radius 1 is 0.811 bits per heavy atom. The van der Waals surface area contributed by atoms with Crippen molar-refractivity contribution in [2.45, 2.75) is 32.2 Å². The van der Waals surface area contributed by atoms with Crippen LogP contribution in [0.4, 0.5) is 0 Å². The van der Waals surface area contributed by atoms with Gasteiger partial charge in [-0.15, -0.1) is 0 Å². The number of pyridine rings is 1. The lowest BCUT2D eigenvalue weighted by molar-refractivity contribution is -0.886. The van der Waals surface area contributed by atoms with E-state index in [1.807, 2.05) is 59.5 Å². The monoisotopic (exact) mass is 502 g/mol. The maximum atomic E-state index is 13.1. The van der Waals surface area contributed by atoms with Crippen molar-refractivity contribution in [1.29, 1.82) is 0 Å². The molecular weight excluding hydrogens is 466 g/mol. The summed E-state index contributed by atoms with van der Waals surface area (Å²) in [7, 11) is 3.24. The first-order chi connectivity index (χ1) is 18.1. The average molecular weight is 503 g/mol. The van der Waals surface area contributed by atoms with E-state index in [1.165, 1.54) is 5.56 Å². The second-order valence-corrected chi connectivity index (χ2v) is 10.0. The molecule has 7 heteroatoms. The van der Waals surface area contributed by atoms with E-state index >= 15 is 0 Å². The molecule has 37 heavy (non-hydrogen) atoms. The fourth-order valence-electron chi connectivity index (χ4n) is 5.58. The lowest BCUT2D eigenvalue weighted by atomic mass is 9.71. The smallest absolute Gasteiger partial charge is 0.323 e. The first kappa shape index (κ1) is 25.1. The van der Waals surface area contributed by atoms with Crippen molar-refractivity contribution in [3.05, 3.63) is 84.2 Å². The molecule has 0 aliphatic carbocycles. The highest BCUT2D eigenvalue weighted by molar-refractivity contribution is 5.90. The molecule has 0 saturated carbocycles. The van der Waals surface area contributed by atoms with E-state index in [0.29, 0.717) is 11.1 Å². The van der Waals surface area contributed by atoms with Gasteiger partial charge in [-0.3, -0.25) is 14.5 Å². The number of rotatable bonds is 7. The molecule has 2 saturated heterocycles. The largest absolute Gasteiger partial charge is 0.493 e. The molecule has 0 atom stereocenters. The minimum Gasteiger partial charge on any atom is -0.493 e. The summed E-state index contributed by atoms with van der Waals surface area (Å²) in [5.41, 5.74) is 2.08. The summed E-state index contributed by atoms with van der Waals surface area (Å²) in [6, 6.07) is 21.6. The van der Waals surface area contributed by atoms with Crippen LogP contribution < -0.4 is 19.0 Å². The van der Waals surface area contributed by atoms with E-state index in [1.54, 1.807) is 25.1 Å². The second kappa shape index (κ2) is 11.2. The third-order valence-corrected chi connectivity index (χ3v) is 7.92. The molecule has 1 aromatic heterocycles. The van der Waals surface area contributed by atoms with Gasteiger partial charge in [-0.05, 0) is 68.5 Å². The number of nitrogens with zero attached hydrogens (tertiary/aromatic N) is 3. The summed E-state index contributed by atoms with van der Waals surface area (Å²) < 4.78 is 13.3. The number of carbonyl (C=O) groups is 1. The van der Waals surface area contributed by atoms with Crippen LogP contribution in [0.1, 0.15) is 41.7 Å². The molecule has 2 fully saturated rings. The van der Waals surface area contributed by atoms with Crippen LogP contribution in [0, 0.1) is 5.41 Å². The van der Waals surface area contributed by atoms with E-state index in [4.69, 9.17) is 14.3 Å². The van der Waals surface area contributed by atoms with Gasteiger partial charge < -0.3 is 14.4 Å². The molecule has 2 aliphatic rings. The Labute approximate surface area is 219 Å². The Morgan fingerprint density at radius 3 is 2.14 bits per heavy atom. The summed E-state index contributed by atoms with van der Waals surface area (Å²) in [4.78, 5) is 22.9. The Balaban J connectivity index is 1.17. The summed E-state index contributed by atoms with van der Waals surface area (Å²) >= 11 is 0. The Hall–Kier alpha value is -3.58. The first-order valence-electron chi connectivity index (χ1n) is 13.1. The molecule has 1 amide bonds. The lowest BCUT2D eigenvalue weighted by Gasteiger charge is -2.46. The van der Waals surface area contributed by atoms with Crippen molar-refractivity contribution < 1.29 is 23.8 Å². The first-order valence-corrected chi connectivity index (χ1v) is 13.1.